The van der Waals surface area contributed by atoms with E-state index in [1.54, 1.807) is 4.90 Å². The molecule has 0 aromatic heterocycles. The maximum absolute atomic E-state index is 12.6. The number of unbranched alkanes of at least 4 members (excludes halogenated alkanes) is 1. The van der Waals surface area contributed by atoms with Gasteiger partial charge in [0.05, 0.1) is 0 Å². The Kier molecular flexibility index (Phi) is 10.8. The zero-order chi connectivity index (χ0) is 24.7. The Morgan fingerprint density at radius 2 is 1.94 bits per heavy atom. The monoisotopic (exact) mass is 492 g/mol. The molecule has 8 heteroatoms. The number of ether oxygens (including phenoxy) is 1. The Balaban J connectivity index is 0.00000324. The third kappa shape index (κ3) is 8.65. The fraction of sp³-hybridized carbons (Fsp3) is 0.407. The van der Waals surface area contributed by atoms with Crippen LogP contribution in [0.2, 0.25) is 0 Å². The number of para-hydroxylation sites is 1. The molecule has 1 N–H and O–H groups in total. The van der Waals surface area contributed by atoms with Gasteiger partial charge in [0, 0.05) is 42.1 Å². The summed E-state index contributed by atoms with van der Waals surface area (Å²) in [4.78, 5) is 27.3. The fourth-order valence-corrected chi connectivity index (χ4v) is 4.20. The van der Waals surface area contributed by atoms with E-state index in [1.165, 1.54) is 22.9 Å². The molecular weight excluding hydrogens is 459 g/mol. The van der Waals surface area contributed by atoms with E-state index < -0.39 is 17.7 Å². The molecule has 0 fully saturated rings. The van der Waals surface area contributed by atoms with Crippen molar-refractivity contribution in [3.63, 3.8) is 0 Å². The van der Waals surface area contributed by atoms with Crippen molar-refractivity contribution in [3.8, 4) is 0 Å². The molecular formula is C27H34ClLiN2O4. The van der Waals surface area contributed by atoms with Crippen molar-refractivity contribution in [2.45, 2.75) is 52.1 Å². The summed E-state index contributed by atoms with van der Waals surface area (Å²) in [6.07, 6.45) is 11.7. The van der Waals surface area contributed by atoms with Gasteiger partial charge >= 0.3 is 30.9 Å². The summed E-state index contributed by atoms with van der Waals surface area (Å²) in [6, 6.07) is 8.42. The SMILES string of the molecule is CC(C)(C)OC(=O)N(C/C=C/C(=O)O)CCCCN1C2=CC(Cl)=CCC2=CCc2ccccc21.[H-].[Li+]. The van der Waals surface area contributed by atoms with Gasteiger partial charge in [0.15, 0.2) is 0 Å². The number of aliphatic carboxylic acids is 1. The first-order valence-electron chi connectivity index (χ1n) is 11.6. The normalized spacial score (nSPS) is 15.1. The van der Waals surface area contributed by atoms with Gasteiger partial charge in [0.1, 0.15) is 5.60 Å². The molecule has 3 rings (SSSR count). The molecule has 35 heavy (non-hydrogen) atoms. The zero-order valence-corrected chi connectivity index (χ0v) is 21.8. The average molecular weight is 493 g/mol. The van der Waals surface area contributed by atoms with Crippen molar-refractivity contribution >= 4 is 29.4 Å². The van der Waals surface area contributed by atoms with Crippen LogP contribution in [0, 0.1) is 0 Å². The first kappa shape index (κ1) is 28.8. The van der Waals surface area contributed by atoms with Gasteiger partial charge in [-0.1, -0.05) is 48.0 Å². The number of benzene rings is 1. The number of hydrogen-bond acceptors (Lipinski definition) is 4. The van der Waals surface area contributed by atoms with Crippen LogP contribution in [0.25, 0.3) is 0 Å². The second-order valence-electron chi connectivity index (χ2n) is 9.41. The van der Waals surface area contributed by atoms with E-state index in [-0.39, 0.29) is 26.8 Å². The number of carbonyl (C=O) groups is 2. The average Bonchev–Trinajstić information content (AvgIpc) is 2.90. The molecule has 2 aliphatic rings. The van der Waals surface area contributed by atoms with Crippen LogP contribution in [0.1, 0.15) is 47.0 Å². The zero-order valence-electron chi connectivity index (χ0n) is 22.1. The second-order valence-corrected chi connectivity index (χ2v) is 9.85. The van der Waals surface area contributed by atoms with Gasteiger partial charge in [-0.2, -0.15) is 0 Å². The summed E-state index contributed by atoms with van der Waals surface area (Å²) < 4.78 is 5.51. The quantitative estimate of drug-likeness (QED) is 0.343. The topological polar surface area (TPSA) is 70.1 Å². The number of carboxylic acid groups (broad SMARTS) is 1. The number of hydrogen-bond donors (Lipinski definition) is 1. The number of nitrogens with zero attached hydrogens (tertiary/aromatic N) is 2. The van der Waals surface area contributed by atoms with Gasteiger partial charge in [-0.05, 0) is 69.7 Å². The van der Waals surface area contributed by atoms with Crippen LogP contribution in [-0.4, -0.2) is 47.3 Å². The smallest absolute Gasteiger partial charge is 1.00 e. The van der Waals surface area contributed by atoms with Gasteiger partial charge in [-0.15, -0.1) is 0 Å². The van der Waals surface area contributed by atoms with Crippen LogP contribution in [0.15, 0.2) is 70.9 Å². The number of halogens is 1. The molecule has 0 spiro atoms. The molecule has 1 aromatic carbocycles. The molecule has 0 radical (unpaired) electrons. The van der Waals surface area contributed by atoms with Crippen molar-refractivity contribution in [1.29, 1.82) is 0 Å². The van der Waals surface area contributed by atoms with Gasteiger partial charge in [0.25, 0.3) is 0 Å². The van der Waals surface area contributed by atoms with E-state index in [0.717, 1.165) is 49.0 Å². The molecule has 0 atom stereocenters. The predicted octanol–water partition coefficient (Wildman–Crippen LogP) is 3.16. The van der Waals surface area contributed by atoms with Gasteiger partial charge in [0.2, 0.25) is 0 Å². The molecule has 6 nitrogen and oxygen atoms in total. The summed E-state index contributed by atoms with van der Waals surface area (Å²) in [7, 11) is 0. The van der Waals surface area contributed by atoms with Crippen molar-refractivity contribution in [2.24, 2.45) is 0 Å². The Morgan fingerprint density at radius 1 is 1.20 bits per heavy atom. The predicted molar refractivity (Wildman–Crippen MR) is 137 cm³/mol. The molecule has 1 amide bonds. The third-order valence-electron chi connectivity index (χ3n) is 5.56. The molecule has 1 aliphatic heterocycles. The number of rotatable bonds is 8. The first-order chi connectivity index (χ1) is 16.1. The van der Waals surface area contributed by atoms with E-state index in [0.29, 0.717) is 6.54 Å². The Morgan fingerprint density at radius 3 is 2.66 bits per heavy atom. The van der Waals surface area contributed by atoms with Crippen LogP contribution in [-0.2, 0) is 16.0 Å². The van der Waals surface area contributed by atoms with Gasteiger partial charge in [-0.3, -0.25) is 0 Å². The summed E-state index contributed by atoms with van der Waals surface area (Å²) in [5, 5.41) is 9.62. The van der Waals surface area contributed by atoms with E-state index in [4.69, 9.17) is 21.4 Å². The molecule has 1 aromatic rings. The van der Waals surface area contributed by atoms with Gasteiger partial charge < -0.3 is 21.1 Å². The number of fused-ring (bicyclic) bond motifs is 2. The molecule has 184 valence electrons. The van der Waals surface area contributed by atoms with E-state index in [1.807, 2.05) is 32.9 Å². The summed E-state index contributed by atoms with van der Waals surface area (Å²) in [5.74, 6) is -1.04. The molecule has 0 saturated heterocycles. The molecule has 1 heterocycles. The van der Waals surface area contributed by atoms with Crippen molar-refractivity contribution in [1.82, 2.24) is 4.90 Å². The van der Waals surface area contributed by atoms with E-state index >= 15 is 0 Å². The van der Waals surface area contributed by atoms with E-state index in [9.17, 15) is 9.59 Å². The minimum Gasteiger partial charge on any atom is -1.00 e. The summed E-state index contributed by atoms with van der Waals surface area (Å²) >= 11 is 6.37. The number of carbonyl (C=O) groups excluding carboxylic acids is 1. The molecule has 1 aliphatic carbocycles. The van der Waals surface area contributed by atoms with Gasteiger partial charge in [-0.25, -0.2) is 9.59 Å². The second kappa shape index (κ2) is 13.1. The maximum atomic E-state index is 12.6. The van der Waals surface area contributed by atoms with Crippen LogP contribution in [0.4, 0.5) is 10.5 Å². The molecule has 0 bridgehead atoms. The summed E-state index contributed by atoms with van der Waals surface area (Å²) in [6.45, 7) is 6.88. The first-order valence-corrected chi connectivity index (χ1v) is 12.0. The largest absolute Gasteiger partial charge is 1.00 e. The minimum atomic E-state index is -1.04. The fourth-order valence-electron chi connectivity index (χ4n) is 4.02. The van der Waals surface area contributed by atoms with Crippen LogP contribution in [0.3, 0.4) is 0 Å². The number of allylic oxidation sites excluding steroid dienone is 5. The number of carboxylic acids is 1. The minimum absolute atomic E-state index is 0. The van der Waals surface area contributed by atoms with Crippen LogP contribution < -0.4 is 23.8 Å². The Bertz CT molecular complexity index is 1050. The third-order valence-corrected chi connectivity index (χ3v) is 5.82. The Hall–Kier alpha value is -2.39. The van der Waals surface area contributed by atoms with E-state index in [2.05, 4.69) is 35.2 Å². The molecule has 0 unspecified atom stereocenters. The number of amides is 1. The van der Waals surface area contributed by atoms with Crippen molar-refractivity contribution in [3.05, 3.63) is 76.5 Å². The Labute approximate surface area is 226 Å². The maximum Gasteiger partial charge on any atom is 1.00 e. The number of anilines is 1. The van der Waals surface area contributed by atoms with Crippen molar-refractivity contribution in [2.75, 3.05) is 24.5 Å². The molecule has 0 saturated carbocycles. The van der Waals surface area contributed by atoms with Crippen molar-refractivity contribution < 1.29 is 39.7 Å². The summed E-state index contributed by atoms with van der Waals surface area (Å²) in [5.41, 5.74) is 4.24. The van der Waals surface area contributed by atoms with Crippen LogP contribution >= 0.6 is 11.6 Å². The standard InChI is InChI=1S/C27H33ClN2O4.Li.H/c1-27(2,3)34-26(33)29(17-8-11-25(31)32)16-6-7-18-30-23-10-5-4-9-20(23)12-13-21-14-15-22(28)19-24(21)30;;/h4-5,8-11,13,15,19H,6-7,12,14,16-18H2,1-3H3,(H,31,32);;/q;+1;-1/b11-8+;;. The van der Waals surface area contributed by atoms with Crippen LogP contribution in [0.5, 0.6) is 0 Å².